The van der Waals surface area contributed by atoms with Crippen LogP contribution < -0.4 is 10.1 Å². The maximum Gasteiger partial charge on any atom is 0.122 e. The summed E-state index contributed by atoms with van der Waals surface area (Å²) < 4.78 is 12.0. The van der Waals surface area contributed by atoms with E-state index in [0.717, 1.165) is 31.8 Å². The van der Waals surface area contributed by atoms with Crippen LogP contribution in [0.15, 0.2) is 24.3 Å². The number of hydrogen-bond donors (Lipinski definition) is 1. The highest BCUT2D eigenvalue weighted by atomic mass is 16.5. The van der Waals surface area contributed by atoms with Crippen molar-refractivity contribution >= 4 is 0 Å². The van der Waals surface area contributed by atoms with E-state index in [1.807, 2.05) is 6.07 Å². The summed E-state index contributed by atoms with van der Waals surface area (Å²) in [6.45, 7) is 6.14. The van der Waals surface area contributed by atoms with Crippen LogP contribution in [-0.2, 0) is 4.74 Å². The molecule has 2 aliphatic rings. The molecule has 0 spiro atoms. The van der Waals surface area contributed by atoms with Gasteiger partial charge in [-0.25, -0.2) is 0 Å². The van der Waals surface area contributed by atoms with Gasteiger partial charge in [-0.2, -0.15) is 0 Å². The van der Waals surface area contributed by atoms with Gasteiger partial charge in [-0.05, 0) is 44.2 Å². The fourth-order valence-corrected chi connectivity index (χ4v) is 3.58. The van der Waals surface area contributed by atoms with Gasteiger partial charge in [0.05, 0.1) is 19.3 Å². The van der Waals surface area contributed by atoms with Gasteiger partial charge in [0.25, 0.3) is 0 Å². The van der Waals surface area contributed by atoms with Crippen LogP contribution in [0.1, 0.15) is 51.0 Å². The van der Waals surface area contributed by atoms with Crippen LogP contribution in [-0.4, -0.2) is 31.4 Å². The molecule has 1 saturated heterocycles. The standard InChI is InChI=1S/C18H27NO2/c1-3-16-18(9-8-13(2)19-16)21-12-14-10-11-20-17-7-5-4-6-15(14)17/h4-7,13-14,16,18-19H,3,8-12H2,1-2H3. The smallest absolute Gasteiger partial charge is 0.122 e. The SMILES string of the molecule is CCC1NC(C)CCC1OCC1CCOc2ccccc21. The lowest BCUT2D eigenvalue weighted by Crippen LogP contribution is -2.50. The summed E-state index contributed by atoms with van der Waals surface area (Å²) in [6, 6.07) is 9.52. The Bertz CT molecular complexity index is 462. The van der Waals surface area contributed by atoms with Crippen molar-refractivity contribution in [3.05, 3.63) is 29.8 Å². The van der Waals surface area contributed by atoms with Crippen LogP contribution in [0, 0.1) is 0 Å². The second-order valence-corrected chi connectivity index (χ2v) is 6.40. The lowest BCUT2D eigenvalue weighted by molar-refractivity contribution is -0.0110. The van der Waals surface area contributed by atoms with Gasteiger partial charge in [-0.15, -0.1) is 0 Å². The fourth-order valence-electron chi connectivity index (χ4n) is 3.58. The molecule has 0 aliphatic carbocycles. The van der Waals surface area contributed by atoms with E-state index in [-0.39, 0.29) is 0 Å². The summed E-state index contributed by atoms with van der Waals surface area (Å²) in [6.07, 6.45) is 4.95. The van der Waals surface area contributed by atoms with Gasteiger partial charge in [0, 0.05) is 18.0 Å². The van der Waals surface area contributed by atoms with Gasteiger partial charge in [0.1, 0.15) is 5.75 Å². The first-order chi connectivity index (χ1) is 10.3. The van der Waals surface area contributed by atoms with E-state index in [2.05, 4.69) is 37.4 Å². The Morgan fingerprint density at radius 1 is 1.24 bits per heavy atom. The van der Waals surface area contributed by atoms with Crippen LogP contribution in [0.5, 0.6) is 5.75 Å². The molecule has 0 amide bonds. The van der Waals surface area contributed by atoms with E-state index in [1.165, 1.54) is 18.4 Å². The first kappa shape index (κ1) is 14.9. The number of fused-ring (bicyclic) bond motifs is 1. The quantitative estimate of drug-likeness (QED) is 0.920. The normalized spacial score (nSPS) is 32.3. The zero-order chi connectivity index (χ0) is 14.7. The zero-order valence-corrected chi connectivity index (χ0v) is 13.2. The summed E-state index contributed by atoms with van der Waals surface area (Å²) in [5.74, 6) is 1.52. The van der Waals surface area contributed by atoms with Crippen molar-refractivity contribution in [3.63, 3.8) is 0 Å². The molecular formula is C18H27NO2. The minimum absolute atomic E-state index is 0.362. The van der Waals surface area contributed by atoms with Gasteiger partial charge in [-0.1, -0.05) is 25.1 Å². The minimum atomic E-state index is 0.362. The van der Waals surface area contributed by atoms with E-state index in [1.54, 1.807) is 0 Å². The molecule has 0 bridgehead atoms. The predicted octanol–water partition coefficient (Wildman–Crippen LogP) is 3.49. The third-order valence-electron chi connectivity index (χ3n) is 4.87. The van der Waals surface area contributed by atoms with Gasteiger partial charge >= 0.3 is 0 Å². The Labute approximate surface area is 128 Å². The number of piperidine rings is 1. The molecule has 1 fully saturated rings. The molecule has 116 valence electrons. The molecule has 3 rings (SSSR count). The fraction of sp³-hybridized carbons (Fsp3) is 0.667. The summed E-state index contributed by atoms with van der Waals surface area (Å²) >= 11 is 0. The maximum absolute atomic E-state index is 6.31. The van der Waals surface area contributed by atoms with Crippen LogP contribution >= 0.6 is 0 Å². The highest BCUT2D eigenvalue weighted by molar-refractivity contribution is 5.37. The number of benzene rings is 1. The lowest BCUT2D eigenvalue weighted by atomic mass is 9.92. The third-order valence-corrected chi connectivity index (χ3v) is 4.87. The average molecular weight is 289 g/mol. The molecule has 0 saturated carbocycles. The van der Waals surface area contributed by atoms with Gasteiger partial charge in [0.2, 0.25) is 0 Å². The van der Waals surface area contributed by atoms with E-state index in [4.69, 9.17) is 9.47 Å². The Balaban J connectivity index is 1.60. The van der Waals surface area contributed by atoms with Crippen molar-refractivity contribution in [3.8, 4) is 5.75 Å². The molecule has 4 unspecified atom stereocenters. The molecule has 1 aromatic rings. The summed E-state index contributed by atoms with van der Waals surface area (Å²) in [5.41, 5.74) is 1.31. The molecule has 2 aliphatic heterocycles. The molecule has 1 aromatic carbocycles. The Morgan fingerprint density at radius 2 is 2.10 bits per heavy atom. The zero-order valence-electron chi connectivity index (χ0n) is 13.2. The molecule has 2 heterocycles. The molecule has 4 atom stereocenters. The number of hydrogen-bond acceptors (Lipinski definition) is 3. The number of ether oxygens (including phenoxy) is 2. The van der Waals surface area contributed by atoms with Crippen molar-refractivity contribution in [1.82, 2.24) is 5.32 Å². The first-order valence-electron chi connectivity index (χ1n) is 8.37. The van der Waals surface area contributed by atoms with Crippen molar-refractivity contribution in [2.75, 3.05) is 13.2 Å². The molecule has 0 radical (unpaired) electrons. The molecule has 1 N–H and O–H groups in total. The number of rotatable bonds is 4. The largest absolute Gasteiger partial charge is 0.493 e. The lowest BCUT2D eigenvalue weighted by Gasteiger charge is -2.37. The van der Waals surface area contributed by atoms with Gasteiger partial charge in [-0.3, -0.25) is 0 Å². The number of nitrogens with one attached hydrogen (secondary N) is 1. The van der Waals surface area contributed by atoms with Crippen molar-refractivity contribution < 1.29 is 9.47 Å². The number of para-hydroxylation sites is 1. The molecule has 21 heavy (non-hydrogen) atoms. The van der Waals surface area contributed by atoms with Crippen LogP contribution in [0.2, 0.25) is 0 Å². The van der Waals surface area contributed by atoms with E-state index in [9.17, 15) is 0 Å². The highest BCUT2D eigenvalue weighted by Crippen LogP contribution is 2.34. The van der Waals surface area contributed by atoms with Crippen LogP contribution in [0.25, 0.3) is 0 Å². The Hall–Kier alpha value is -1.06. The summed E-state index contributed by atoms with van der Waals surface area (Å²) in [4.78, 5) is 0. The van der Waals surface area contributed by atoms with E-state index < -0.39 is 0 Å². The van der Waals surface area contributed by atoms with Crippen molar-refractivity contribution in [2.45, 2.75) is 63.6 Å². The molecular weight excluding hydrogens is 262 g/mol. The summed E-state index contributed by atoms with van der Waals surface area (Å²) in [5, 5.41) is 3.67. The van der Waals surface area contributed by atoms with Crippen molar-refractivity contribution in [1.29, 1.82) is 0 Å². The summed E-state index contributed by atoms with van der Waals surface area (Å²) in [7, 11) is 0. The van der Waals surface area contributed by atoms with Crippen LogP contribution in [0.3, 0.4) is 0 Å². The minimum Gasteiger partial charge on any atom is -0.493 e. The molecule has 0 aromatic heterocycles. The molecule has 3 heteroatoms. The second kappa shape index (κ2) is 6.80. The second-order valence-electron chi connectivity index (χ2n) is 6.40. The van der Waals surface area contributed by atoms with E-state index >= 15 is 0 Å². The Kier molecular flexibility index (Phi) is 4.81. The van der Waals surface area contributed by atoms with Gasteiger partial charge < -0.3 is 14.8 Å². The van der Waals surface area contributed by atoms with Gasteiger partial charge in [0.15, 0.2) is 0 Å². The Morgan fingerprint density at radius 3 is 2.95 bits per heavy atom. The average Bonchev–Trinajstić information content (AvgIpc) is 2.53. The van der Waals surface area contributed by atoms with Crippen LogP contribution in [0.4, 0.5) is 0 Å². The maximum atomic E-state index is 6.31. The highest BCUT2D eigenvalue weighted by Gasteiger charge is 2.29. The van der Waals surface area contributed by atoms with E-state index in [0.29, 0.717) is 24.1 Å². The monoisotopic (exact) mass is 289 g/mol. The first-order valence-corrected chi connectivity index (χ1v) is 8.37. The third kappa shape index (κ3) is 3.41. The predicted molar refractivity (Wildman–Crippen MR) is 84.9 cm³/mol. The topological polar surface area (TPSA) is 30.5 Å². The van der Waals surface area contributed by atoms with Crippen molar-refractivity contribution in [2.24, 2.45) is 0 Å². The molecule has 3 nitrogen and oxygen atoms in total.